The number of esters is 2. The Hall–Kier alpha value is -11.9. The van der Waals surface area contributed by atoms with Crippen LogP contribution in [0, 0.1) is 69.8 Å². The molecule has 4 aromatic heterocycles. The van der Waals surface area contributed by atoms with Crippen molar-refractivity contribution in [2.75, 3.05) is 59.1 Å². The minimum Gasteiger partial charge on any atom is -0.477 e. The Morgan fingerprint density at radius 3 is 1.17 bits per heavy atom. The van der Waals surface area contributed by atoms with Crippen LogP contribution in [-0.4, -0.2) is 125 Å². The molecule has 28 nitrogen and oxygen atoms in total. The largest absolute Gasteiger partial charge is 0.477 e. The quantitative estimate of drug-likeness (QED) is 0.00723. The number of halogens is 16. The normalized spacial score (nSPS) is 11.0. The number of pyridine rings is 2. The lowest BCUT2D eigenvalue weighted by Crippen LogP contribution is -2.19. The van der Waals surface area contributed by atoms with Crippen LogP contribution in [0.2, 0.25) is 0 Å². The molecule has 0 radical (unpaired) electrons. The maximum absolute atomic E-state index is 14.8. The van der Waals surface area contributed by atoms with Crippen molar-refractivity contribution in [3.8, 4) is 0 Å². The van der Waals surface area contributed by atoms with Gasteiger partial charge in [-0.05, 0) is 178 Å². The number of nitrogens with two attached hydrogens (primary N) is 2. The number of aromatic carboxylic acids is 1. The lowest BCUT2D eigenvalue weighted by atomic mass is 10.0. The number of nitrogen functional groups attached to an aromatic ring is 2. The van der Waals surface area contributed by atoms with Crippen molar-refractivity contribution in [3.63, 3.8) is 0 Å². The Balaban J connectivity index is 0.000000277. The summed E-state index contributed by atoms with van der Waals surface area (Å²) in [6, 6.07) is 34.8. The molecule has 133 heavy (non-hydrogen) atoms. The van der Waals surface area contributed by atoms with E-state index in [1.165, 1.54) is 18.5 Å². The predicted molar refractivity (Wildman–Crippen MR) is 487 cm³/mol. The Bertz CT molecular complexity index is 6640. The first-order valence-electron chi connectivity index (χ1n) is 38.3. The number of carbonyl (C=O) groups excluding carboxylic acids is 4. The average molecular weight is 2140 g/mol. The number of ether oxygens (including phenoxy) is 2. The summed E-state index contributed by atoms with van der Waals surface area (Å²) >= 11 is 11.6. The lowest BCUT2D eigenvalue weighted by Gasteiger charge is -2.12. The van der Waals surface area contributed by atoms with E-state index < -0.39 is 198 Å². The third-order valence-corrected chi connectivity index (χ3v) is 24.8. The number of aromatic nitrogens is 4. The number of anilines is 6. The number of carboxylic acids is 1. The molecule has 12 aromatic rings. The molecule has 49 heteroatoms. The molecule has 0 unspecified atom stereocenters. The molecule has 0 aliphatic carbocycles. The topological polar surface area (TPSA) is 452 Å². The fourth-order valence-electron chi connectivity index (χ4n) is 10.6. The molecule has 0 saturated carbocycles. The van der Waals surface area contributed by atoms with E-state index in [1.807, 2.05) is 38.6 Å². The highest BCUT2D eigenvalue weighted by Crippen LogP contribution is 2.32. The van der Waals surface area contributed by atoms with Crippen LogP contribution >= 0.6 is 54.1 Å². The third-order valence-electron chi connectivity index (χ3n) is 16.4. The zero-order valence-corrected chi connectivity index (χ0v) is 78.6. The van der Waals surface area contributed by atoms with Crippen molar-refractivity contribution in [2.24, 2.45) is 0 Å². The van der Waals surface area contributed by atoms with E-state index in [2.05, 4.69) is 56.5 Å². The van der Waals surface area contributed by atoms with Crippen LogP contribution in [0.5, 0.6) is 0 Å². The van der Waals surface area contributed by atoms with Gasteiger partial charge in [-0.2, -0.15) is 0 Å². The molecule has 11 N–H and O–H groups in total. The van der Waals surface area contributed by atoms with Gasteiger partial charge in [-0.1, -0.05) is 95.3 Å². The first kappa shape index (κ1) is 112. The lowest BCUT2D eigenvalue weighted by molar-refractivity contribution is 0.0452. The van der Waals surface area contributed by atoms with Gasteiger partial charge in [-0.3, -0.25) is 28.5 Å². The molecule has 0 aliphatic heterocycles. The zero-order chi connectivity index (χ0) is 99.6. The van der Waals surface area contributed by atoms with E-state index in [-0.39, 0.29) is 58.9 Å². The Morgan fingerprint density at radius 1 is 0.421 bits per heavy atom. The highest BCUT2D eigenvalue weighted by molar-refractivity contribution is 9.10. The van der Waals surface area contributed by atoms with E-state index in [0.29, 0.717) is 59.2 Å². The van der Waals surface area contributed by atoms with Gasteiger partial charge in [0.15, 0.2) is 29.1 Å². The summed E-state index contributed by atoms with van der Waals surface area (Å²) < 4.78 is 294. The van der Waals surface area contributed by atoms with Crippen LogP contribution in [0.15, 0.2) is 191 Å². The van der Waals surface area contributed by atoms with Crippen molar-refractivity contribution >= 4 is 188 Å². The van der Waals surface area contributed by atoms with Gasteiger partial charge >= 0.3 is 17.9 Å². The van der Waals surface area contributed by atoms with E-state index in [9.17, 15) is 119 Å². The van der Waals surface area contributed by atoms with Gasteiger partial charge in [0, 0.05) is 66.8 Å². The molecule has 8 aromatic carbocycles. The molecule has 0 spiro atoms. The summed E-state index contributed by atoms with van der Waals surface area (Å²) in [5.41, 5.74) is 5.93. The third kappa shape index (κ3) is 35.6. The molecule has 0 amide bonds. The Kier molecular flexibility index (Phi) is 43.6. The average Bonchev–Trinajstić information content (AvgIpc) is 1.72. The zero-order valence-electron chi connectivity index (χ0n) is 69.8. The van der Waals surface area contributed by atoms with E-state index >= 15 is 0 Å². The standard InChI is InChI=1S/C17H14BrF2N3O3S.C17H17F2NO4S.C14H11F2NO2.C10H10ClF2NO3S.C10H11F2NO4S.C7H5BrN2.C6H5F2N.C3H7ClO2S/c1-2-5-27(25,26)23-13-4-3-12(19)14(15(13)20)16(24)11-8-22-17-10(11)6-9(18)7-21-17;1-2-10-25(22,23)20-14-9-8-13(18)15(16(14)19)17(21)24-11-12-6-4-3-5-7-12;15-10-6-7-11(17)13(16)12(10)14(18)19-8-9-4-2-1-3-5-9;1-2-5-18(16,17)14-7-4-3-6(12)8(9(7)13)10(11)15;1-2-5-18(16,17)13-7-4-3-6(11)8(9(7)12)10(14)15;8-6-3-5-1-2-9-7(5)10-4-6;7-4-1-2-6(9)5(8)3-4;1-2-3-7(4,5)6/h3-4,6-8,23H,2,5H2,1H3,(H,21,22);3-9,20H,2,10-11H2,1H3;1-7H,8,17H2;3-4,14H,2,5H2,1H3;3-4,13H,2,5H2,1H3,(H,14,15);1-4H,(H,9,10);1-3H,9H2;2-3H2,1H3. The molecule has 716 valence electrons. The number of hydrogen-bond acceptors (Lipinski definition) is 21. The monoisotopic (exact) mass is 2130 g/mol. The summed E-state index contributed by atoms with van der Waals surface area (Å²) in [4.78, 5) is 71.9. The SMILES string of the molecule is Brc1cnc2[nH]ccc2c1.CCCS(=O)(=O)Cl.CCCS(=O)(=O)Nc1ccc(F)c(C(=O)Cl)c1F.CCCS(=O)(=O)Nc1ccc(F)c(C(=O)O)c1F.CCCS(=O)(=O)Nc1ccc(F)c(C(=O)OCc2ccccc2)c1F.CCCS(=O)(=O)Nc1ccc(F)c(C(=O)c2c[nH]c3ncc(Br)cc23)c1F.Nc1ccc(F)c(C(=O)OCc2ccccc2)c1F.Nc1ccc(F)cc1F. The fourth-order valence-corrected chi connectivity index (χ4v) is 16.9. The summed E-state index contributed by atoms with van der Waals surface area (Å²) in [6.45, 7) is 8.08. The summed E-state index contributed by atoms with van der Waals surface area (Å²) in [6.07, 6.45) is 8.35. The van der Waals surface area contributed by atoms with Gasteiger partial charge in [0.25, 0.3) is 5.24 Å². The number of nitrogens with one attached hydrogen (secondary N) is 6. The van der Waals surface area contributed by atoms with Crippen LogP contribution < -0.4 is 30.4 Å². The molecule has 0 atom stereocenters. The highest BCUT2D eigenvalue weighted by Gasteiger charge is 2.30. The van der Waals surface area contributed by atoms with Crippen LogP contribution in [-0.2, 0) is 71.8 Å². The van der Waals surface area contributed by atoms with Crippen molar-refractivity contribution in [2.45, 2.75) is 79.9 Å². The first-order chi connectivity index (χ1) is 62.3. The number of H-pyrrole nitrogens is 2. The first-order valence-corrected chi connectivity index (χ1v) is 49.3. The molecule has 0 fully saturated rings. The second kappa shape index (κ2) is 52.0. The number of nitrogens with zero attached hydrogens (tertiary/aromatic N) is 2. The number of carbonyl (C=O) groups is 5. The van der Waals surface area contributed by atoms with Crippen molar-refractivity contribution in [1.82, 2.24) is 19.9 Å². The van der Waals surface area contributed by atoms with Crippen LogP contribution in [0.1, 0.15) is 135 Å². The van der Waals surface area contributed by atoms with Gasteiger partial charge in [0.1, 0.15) is 87.5 Å². The van der Waals surface area contributed by atoms with Gasteiger partial charge in [-0.25, -0.2) is 119 Å². The van der Waals surface area contributed by atoms with Gasteiger partial charge < -0.3 is 36.0 Å². The number of rotatable bonds is 28. The molecular formula is C84H80Br2Cl2F12N10O18S5. The molecule has 0 saturated heterocycles. The van der Waals surface area contributed by atoms with Gasteiger partial charge in [-0.15, -0.1) is 0 Å². The van der Waals surface area contributed by atoms with E-state index in [0.717, 1.165) is 87.8 Å². The molecule has 0 aliphatic rings. The summed E-state index contributed by atoms with van der Waals surface area (Å²) in [5, 5.41) is 8.80. The van der Waals surface area contributed by atoms with Gasteiger partial charge in [0.2, 0.25) is 54.9 Å². The number of hydrogen-bond donors (Lipinski definition) is 9. The number of benzene rings is 8. The van der Waals surface area contributed by atoms with Crippen LogP contribution in [0.25, 0.3) is 22.1 Å². The Labute approximate surface area is 780 Å². The molecular weight excluding hydrogens is 2060 g/mol. The second-order valence-electron chi connectivity index (χ2n) is 26.9. The maximum atomic E-state index is 14.8. The molecule has 0 bridgehead atoms. The smallest absolute Gasteiger partial charge is 0.344 e. The number of fused-ring (bicyclic) bond motifs is 2. The number of ketones is 1. The van der Waals surface area contributed by atoms with Crippen molar-refractivity contribution in [1.29, 1.82) is 0 Å². The summed E-state index contributed by atoms with van der Waals surface area (Å²) in [7, 11) is -13.5. The minimum absolute atomic E-state index is 0.0187. The second-order valence-corrected chi connectivity index (χ2v) is 39.3. The maximum Gasteiger partial charge on any atom is 0.344 e. The van der Waals surface area contributed by atoms with Gasteiger partial charge in [0.05, 0.1) is 68.5 Å². The fraction of sp³-hybridized carbons (Fsp3) is 0.202. The van der Waals surface area contributed by atoms with Crippen molar-refractivity contribution < 1.29 is 133 Å². The Morgan fingerprint density at radius 2 is 0.782 bits per heavy atom. The van der Waals surface area contributed by atoms with E-state index in [1.54, 1.807) is 101 Å². The van der Waals surface area contributed by atoms with E-state index in [4.69, 9.17) is 48.3 Å². The molecule has 12 rings (SSSR count). The number of sulfonamides is 4. The molecule has 4 heterocycles. The predicted octanol–water partition coefficient (Wildman–Crippen LogP) is 19.5. The van der Waals surface area contributed by atoms with Crippen LogP contribution in [0.4, 0.5) is 86.8 Å². The van der Waals surface area contributed by atoms with Crippen molar-refractivity contribution in [3.05, 3.63) is 306 Å². The van der Waals surface area contributed by atoms with Crippen LogP contribution in [0.3, 0.4) is 0 Å². The summed E-state index contributed by atoms with van der Waals surface area (Å²) in [5.74, 6) is -19.2. The highest BCUT2D eigenvalue weighted by atomic mass is 79.9. The minimum atomic E-state index is -3.80. The number of carboxylic acid groups (broad SMARTS) is 1. The number of aromatic amines is 2.